The minimum Gasteiger partial charge on any atom is -0.379 e. The lowest BCUT2D eigenvalue weighted by Gasteiger charge is -2.42. The first-order valence-corrected chi connectivity index (χ1v) is 9.74. The number of morpholine rings is 1. The van der Waals surface area contributed by atoms with Gasteiger partial charge < -0.3 is 14.2 Å². The molecule has 124 valence electrons. The summed E-state index contributed by atoms with van der Waals surface area (Å²) in [6.45, 7) is 4.57. The van der Waals surface area contributed by atoms with Gasteiger partial charge in [-0.05, 0) is 24.8 Å². The molecule has 2 saturated heterocycles. The number of hydrogen-bond acceptors (Lipinski definition) is 6. The van der Waals surface area contributed by atoms with Crippen molar-refractivity contribution < 1.29 is 22.6 Å². The SMILES string of the molecule is CCOC[C@@H]1C[C@@]2(COCCN2S(=O)(=O)c2cccs2)CO1. The van der Waals surface area contributed by atoms with Crippen LogP contribution < -0.4 is 0 Å². The van der Waals surface area contributed by atoms with E-state index in [1.54, 1.807) is 21.8 Å². The van der Waals surface area contributed by atoms with Crippen LogP contribution in [0, 0.1) is 0 Å². The van der Waals surface area contributed by atoms with Gasteiger partial charge in [0.25, 0.3) is 10.0 Å². The molecule has 0 aromatic carbocycles. The number of thiophene rings is 1. The summed E-state index contributed by atoms with van der Waals surface area (Å²) in [4.78, 5) is 0. The lowest BCUT2D eigenvalue weighted by atomic mass is 9.96. The molecule has 1 aromatic heterocycles. The molecule has 0 bridgehead atoms. The molecule has 2 atom stereocenters. The minimum absolute atomic E-state index is 0.0808. The zero-order chi connectivity index (χ0) is 15.6. The van der Waals surface area contributed by atoms with Gasteiger partial charge in [0, 0.05) is 13.2 Å². The fourth-order valence-corrected chi connectivity index (χ4v) is 5.90. The van der Waals surface area contributed by atoms with E-state index in [-0.39, 0.29) is 6.10 Å². The van der Waals surface area contributed by atoms with Gasteiger partial charge in [0.15, 0.2) is 0 Å². The van der Waals surface area contributed by atoms with Crippen LogP contribution in [-0.4, -0.2) is 63.9 Å². The van der Waals surface area contributed by atoms with Gasteiger partial charge >= 0.3 is 0 Å². The Morgan fingerprint density at radius 3 is 3.09 bits per heavy atom. The number of sulfonamides is 1. The fourth-order valence-electron chi connectivity index (χ4n) is 3.06. The Bertz CT molecular complexity index is 588. The highest BCUT2D eigenvalue weighted by molar-refractivity contribution is 7.91. The fraction of sp³-hybridized carbons (Fsp3) is 0.714. The monoisotopic (exact) mass is 347 g/mol. The van der Waals surface area contributed by atoms with Gasteiger partial charge in [0.1, 0.15) is 4.21 Å². The highest BCUT2D eigenvalue weighted by Crippen LogP contribution is 2.37. The van der Waals surface area contributed by atoms with Crippen molar-refractivity contribution >= 4 is 21.4 Å². The zero-order valence-corrected chi connectivity index (χ0v) is 14.2. The van der Waals surface area contributed by atoms with E-state index in [0.717, 1.165) is 0 Å². The third-order valence-corrected chi connectivity index (χ3v) is 7.46. The van der Waals surface area contributed by atoms with E-state index in [1.807, 2.05) is 6.92 Å². The Morgan fingerprint density at radius 2 is 2.36 bits per heavy atom. The van der Waals surface area contributed by atoms with Crippen LogP contribution in [0.15, 0.2) is 21.7 Å². The molecule has 8 heteroatoms. The average Bonchev–Trinajstić information content (AvgIpc) is 3.16. The van der Waals surface area contributed by atoms with E-state index in [2.05, 4.69) is 0 Å². The molecule has 22 heavy (non-hydrogen) atoms. The molecule has 6 nitrogen and oxygen atoms in total. The number of hydrogen-bond donors (Lipinski definition) is 0. The summed E-state index contributed by atoms with van der Waals surface area (Å²) in [5.41, 5.74) is -0.608. The van der Waals surface area contributed by atoms with Gasteiger partial charge in [-0.2, -0.15) is 4.31 Å². The molecule has 0 N–H and O–H groups in total. The van der Waals surface area contributed by atoms with Crippen molar-refractivity contribution in [3.8, 4) is 0 Å². The molecule has 0 amide bonds. The maximum absolute atomic E-state index is 12.9. The first kappa shape index (κ1) is 16.4. The van der Waals surface area contributed by atoms with Crippen LogP contribution in [-0.2, 0) is 24.2 Å². The molecular formula is C14H21NO5S2. The number of nitrogens with zero attached hydrogens (tertiary/aromatic N) is 1. The largest absolute Gasteiger partial charge is 0.379 e. The van der Waals surface area contributed by atoms with E-state index in [9.17, 15) is 8.42 Å². The van der Waals surface area contributed by atoms with E-state index in [0.29, 0.717) is 50.2 Å². The van der Waals surface area contributed by atoms with E-state index >= 15 is 0 Å². The van der Waals surface area contributed by atoms with Crippen molar-refractivity contribution in [1.29, 1.82) is 0 Å². The molecule has 3 heterocycles. The van der Waals surface area contributed by atoms with Crippen LogP contribution >= 0.6 is 11.3 Å². The highest BCUT2D eigenvalue weighted by atomic mass is 32.2. The molecule has 0 aliphatic carbocycles. The Balaban J connectivity index is 1.83. The summed E-state index contributed by atoms with van der Waals surface area (Å²) < 4.78 is 44.6. The molecule has 2 aliphatic rings. The second-order valence-electron chi connectivity index (χ2n) is 5.58. The maximum Gasteiger partial charge on any atom is 0.253 e. The molecule has 1 spiro atoms. The third-order valence-electron chi connectivity index (χ3n) is 4.08. The van der Waals surface area contributed by atoms with E-state index in [1.165, 1.54) is 11.3 Å². The molecule has 0 unspecified atom stereocenters. The Morgan fingerprint density at radius 1 is 1.50 bits per heavy atom. The van der Waals surface area contributed by atoms with Crippen molar-refractivity contribution in [3.63, 3.8) is 0 Å². The highest BCUT2D eigenvalue weighted by Gasteiger charge is 2.52. The smallest absolute Gasteiger partial charge is 0.253 e. The molecule has 3 rings (SSSR count). The minimum atomic E-state index is -3.50. The first-order valence-electron chi connectivity index (χ1n) is 7.42. The maximum atomic E-state index is 12.9. The van der Waals surface area contributed by atoms with Gasteiger partial charge in [-0.1, -0.05) is 6.07 Å². The summed E-state index contributed by atoms with van der Waals surface area (Å²) in [7, 11) is -3.50. The molecule has 0 radical (unpaired) electrons. The van der Waals surface area contributed by atoms with E-state index in [4.69, 9.17) is 14.2 Å². The molecule has 0 saturated carbocycles. The van der Waals surface area contributed by atoms with Crippen LogP contribution in [0.3, 0.4) is 0 Å². The second-order valence-corrected chi connectivity index (χ2v) is 8.62. The summed E-state index contributed by atoms with van der Waals surface area (Å²) in [5.74, 6) is 0. The normalized spacial score (nSPS) is 30.1. The van der Waals surface area contributed by atoms with Crippen molar-refractivity contribution in [2.75, 3.05) is 39.6 Å². The van der Waals surface area contributed by atoms with Gasteiger partial charge in [-0.3, -0.25) is 0 Å². The second kappa shape index (κ2) is 6.54. The van der Waals surface area contributed by atoms with Crippen molar-refractivity contribution in [2.45, 2.75) is 29.2 Å². The van der Waals surface area contributed by atoms with Gasteiger partial charge in [0.2, 0.25) is 0 Å². The topological polar surface area (TPSA) is 65.1 Å². The predicted molar refractivity (Wildman–Crippen MR) is 82.6 cm³/mol. The van der Waals surface area contributed by atoms with Crippen LogP contribution in [0.5, 0.6) is 0 Å². The van der Waals surface area contributed by atoms with E-state index < -0.39 is 15.6 Å². The lowest BCUT2D eigenvalue weighted by Crippen LogP contribution is -2.59. The van der Waals surface area contributed by atoms with Crippen molar-refractivity contribution in [1.82, 2.24) is 4.31 Å². The van der Waals surface area contributed by atoms with Crippen molar-refractivity contribution in [2.24, 2.45) is 0 Å². The molecule has 1 aromatic rings. The quantitative estimate of drug-likeness (QED) is 0.804. The van der Waals surface area contributed by atoms with Crippen LogP contribution in [0.1, 0.15) is 13.3 Å². The summed E-state index contributed by atoms with van der Waals surface area (Å²) >= 11 is 1.24. The average molecular weight is 347 g/mol. The Labute approximate surface area is 135 Å². The molecular weight excluding hydrogens is 326 g/mol. The summed E-state index contributed by atoms with van der Waals surface area (Å²) in [6.07, 6.45) is 0.528. The summed E-state index contributed by atoms with van der Waals surface area (Å²) in [6, 6.07) is 3.41. The third kappa shape index (κ3) is 2.95. The molecule has 2 aliphatic heterocycles. The van der Waals surface area contributed by atoms with Crippen molar-refractivity contribution in [3.05, 3.63) is 17.5 Å². The first-order chi connectivity index (χ1) is 10.6. The Kier molecular flexibility index (Phi) is 4.86. The number of ether oxygens (including phenoxy) is 3. The molecule has 2 fully saturated rings. The summed E-state index contributed by atoms with van der Waals surface area (Å²) in [5, 5.41) is 1.78. The van der Waals surface area contributed by atoms with Crippen LogP contribution in [0.2, 0.25) is 0 Å². The number of rotatable bonds is 5. The zero-order valence-electron chi connectivity index (χ0n) is 12.6. The standard InChI is InChI=1S/C14H21NO5S2/c1-2-18-9-12-8-14(11-20-12)10-19-6-5-15(14)22(16,17)13-4-3-7-21-13/h3-4,7,12H,2,5-6,8-11H2,1H3/t12-,14+/m0/s1. The van der Waals surface area contributed by atoms with Gasteiger partial charge in [0.05, 0.1) is 38.1 Å². The van der Waals surface area contributed by atoms with Crippen LogP contribution in [0.4, 0.5) is 0 Å². The van der Waals surface area contributed by atoms with Gasteiger partial charge in [-0.25, -0.2) is 8.42 Å². The predicted octanol–water partition coefficient (Wildman–Crippen LogP) is 1.33. The lowest BCUT2D eigenvalue weighted by molar-refractivity contribution is -0.0314. The van der Waals surface area contributed by atoms with Gasteiger partial charge in [-0.15, -0.1) is 11.3 Å². The Hall–Kier alpha value is -0.510. The van der Waals surface area contributed by atoms with Crippen LogP contribution in [0.25, 0.3) is 0 Å².